The van der Waals surface area contributed by atoms with E-state index in [9.17, 15) is 19.2 Å². The Morgan fingerprint density at radius 1 is 0.903 bits per heavy atom. The van der Waals surface area contributed by atoms with Crippen LogP contribution < -0.4 is 25.4 Å². The molecule has 0 saturated carbocycles. The van der Waals surface area contributed by atoms with E-state index in [2.05, 4.69) is 50.0 Å². The van der Waals surface area contributed by atoms with Crippen molar-refractivity contribution >= 4 is 63.6 Å². The average molecular weight is 1030 g/mol. The molecule has 19 heteroatoms. The van der Waals surface area contributed by atoms with Crippen molar-refractivity contribution in [2.75, 3.05) is 19.7 Å². The highest BCUT2D eigenvalue weighted by atomic mass is 35.5. The predicted molar refractivity (Wildman–Crippen MR) is 280 cm³/mol. The zero-order valence-corrected chi connectivity index (χ0v) is 44.6. The van der Waals surface area contributed by atoms with Crippen molar-refractivity contribution in [1.29, 1.82) is 0 Å². The highest BCUT2D eigenvalue weighted by Gasteiger charge is 2.44. The molecule has 2 aromatic carbocycles. The summed E-state index contributed by atoms with van der Waals surface area (Å²) in [6.07, 6.45) is 1.51. The third-order valence-electron chi connectivity index (χ3n) is 13.0. The van der Waals surface area contributed by atoms with Crippen molar-refractivity contribution < 1.29 is 28.7 Å². The van der Waals surface area contributed by atoms with Gasteiger partial charge in [0.25, 0.3) is 5.91 Å². The number of nitrogens with zero attached hydrogens (tertiary/aromatic N) is 7. The molecule has 72 heavy (non-hydrogen) atoms. The largest absolute Gasteiger partial charge is 0.482 e. The number of hydrogen-bond donors (Lipinski definition) is 3. The maximum atomic E-state index is 14.3. The van der Waals surface area contributed by atoms with E-state index in [4.69, 9.17) is 26.1 Å². The van der Waals surface area contributed by atoms with Gasteiger partial charge in [0.2, 0.25) is 23.6 Å². The number of carbonyl (C=O) groups excluding carboxylic acids is 4. The molecule has 378 valence electrons. The van der Waals surface area contributed by atoms with Crippen LogP contribution in [0.2, 0.25) is 5.02 Å². The molecule has 0 bridgehead atoms. The lowest BCUT2D eigenvalue weighted by Crippen LogP contribution is -2.58. The summed E-state index contributed by atoms with van der Waals surface area (Å²) >= 11 is 9.50. The first-order valence-electron chi connectivity index (χ1n) is 24.0. The minimum atomic E-state index is -0.927. The Kier molecular flexibility index (Phi) is 15.6. The molecule has 3 N–H and O–H groups in total. The molecule has 1 saturated heterocycles. The number of ether oxygens (including phenoxy) is 2. The van der Waals surface area contributed by atoms with Crippen LogP contribution in [0.3, 0.4) is 0 Å². The number of benzene rings is 2. The number of aromatic nitrogens is 5. The van der Waals surface area contributed by atoms with Crippen LogP contribution in [-0.2, 0) is 19.2 Å². The van der Waals surface area contributed by atoms with Gasteiger partial charge in [-0.15, -0.1) is 32.9 Å². The summed E-state index contributed by atoms with van der Waals surface area (Å²) in [7, 11) is 0. The van der Waals surface area contributed by atoms with Gasteiger partial charge in [0.05, 0.1) is 47.0 Å². The van der Waals surface area contributed by atoms with E-state index in [1.165, 1.54) is 6.20 Å². The van der Waals surface area contributed by atoms with Gasteiger partial charge in [0.15, 0.2) is 12.4 Å². The van der Waals surface area contributed by atoms with Gasteiger partial charge in [-0.2, -0.15) is 0 Å². The second-order valence-corrected chi connectivity index (χ2v) is 22.3. The van der Waals surface area contributed by atoms with E-state index in [0.717, 1.165) is 54.0 Å². The normalized spacial score (nSPS) is 17.7. The topological polar surface area (TPSA) is 195 Å². The number of thiophene rings is 1. The fourth-order valence-electron chi connectivity index (χ4n) is 9.01. The quantitative estimate of drug-likeness (QED) is 0.0845. The SMILES string of the molecule is Cc1ncsc1-c1ccc([C@H](C)NC(=O)[C@@H]2C[C@@H](C)CN2C(=O)[C@@H](NC(=O)COc2ccc(O[C@H](C)CNC(=O)C[C@@H]3N=C(c4ccc(Cl)cc4)c4c(sc(C)c4C)-n4c(C)nnc43)nc2)C(C)(C)C)cc1. The van der Waals surface area contributed by atoms with Crippen molar-refractivity contribution in [3.05, 3.63) is 122 Å². The van der Waals surface area contributed by atoms with Gasteiger partial charge in [-0.25, -0.2) is 9.97 Å². The molecule has 4 amide bonds. The molecule has 6 aromatic rings. The third-order valence-corrected chi connectivity index (χ3v) is 15.4. The monoisotopic (exact) mass is 1030 g/mol. The molecule has 4 aromatic heterocycles. The second kappa shape index (κ2) is 21.7. The number of carbonyl (C=O) groups is 4. The van der Waals surface area contributed by atoms with Crippen molar-refractivity contribution in [1.82, 2.24) is 45.6 Å². The van der Waals surface area contributed by atoms with Gasteiger partial charge < -0.3 is 30.3 Å². The molecule has 1 fully saturated rings. The number of hydrogen-bond acceptors (Lipinski definition) is 13. The maximum Gasteiger partial charge on any atom is 0.258 e. The Hall–Kier alpha value is -6.50. The lowest BCUT2D eigenvalue weighted by molar-refractivity contribution is -0.144. The van der Waals surface area contributed by atoms with E-state index < -0.39 is 35.6 Å². The summed E-state index contributed by atoms with van der Waals surface area (Å²) in [6.45, 7) is 19.6. The fourth-order valence-corrected chi connectivity index (χ4v) is 11.2. The Balaban J connectivity index is 0.828. The van der Waals surface area contributed by atoms with Crippen LogP contribution in [0.4, 0.5) is 0 Å². The average Bonchev–Trinajstić information content (AvgIpc) is 4.11. The van der Waals surface area contributed by atoms with Crippen LogP contribution in [0.25, 0.3) is 15.4 Å². The van der Waals surface area contributed by atoms with Gasteiger partial charge in [-0.3, -0.25) is 28.7 Å². The summed E-state index contributed by atoms with van der Waals surface area (Å²) in [5.41, 5.74) is 7.88. The van der Waals surface area contributed by atoms with Gasteiger partial charge in [-0.1, -0.05) is 75.7 Å². The molecule has 0 spiro atoms. The first-order chi connectivity index (χ1) is 34.2. The molecular weight excluding hydrogens is 972 g/mol. The van der Waals surface area contributed by atoms with Crippen LogP contribution in [0, 0.1) is 39.0 Å². The summed E-state index contributed by atoms with van der Waals surface area (Å²) in [4.78, 5) is 72.9. The van der Waals surface area contributed by atoms with E-state index in [1.54, 1.807) is 39.7 Å². The first-order valence-corrected chi connectivity index (χ1v) is 26.1. The standard InChI is InChI=1S/C53H61ClN10O6S2/c1-28-21-41(50(67)58-31(4)35-11-13-37(14-12-35)47-32(5)57-27-71-47)63(25-28)51(68)48(53(8,9)10)60-43(66)26-69-39-19-20-44(56-24-39)70-29(2)23-55-42(65)22-40-49-62-61-34(7)64(49)52-45(30(3)33(6)72-52)46(59-40)36-15-17-38(54)18-16-36/h11-20,24,27-29,31,40-41,48H,21-23,25-26H2,1-10H3,(H,55,65)(H,58,67)(H,60,66)/t28-,29-,31+,40+,41+,48-/m1/s1. The zero-order chi connectivity index (χ0) is 51.6. The van der Waals surface area contributed by atoms with Gasteiger partial charge in [0, 0.05) is 33.6 Å². The lowest BCUT2D eigenvalue weighted by atomic mass is 9.85. The summed E-state index contributed by atoms with van der Waals surface area (Å²) in [5.74, 6) is 0.684. The molecule has 6 atom stereocenters. The Morgan fingerprint density at radius 3 is 2.29 bits per heavy atom. The Bertz CT molecular complexity index is 2980. The Labute approximate surface area is 433 Å². The molecule has 2 aliphatic heterocycles. The maximum absolute atomic E-state index is 14.3. The number of nitrogens with one attached hydrogen (secondary N) is 3. The number of aliphatic imine (C=N–C) groups is 1. The van der Waals surface area contributed by atoms with E-state index in [1.807, 2.05) is 114 Å². The molecule has 0 aliphatic carbocycles. The van der Waals surface area contributed by atoms with Gasteiger partial charge in [0.1, 0.15) is 40.8 Å². The summed E-state index contributed by atoms with van der Waals surface area (Å²) in [6, 6.07) is 16.3. The number of fused-ring (bicyclic) bond motifs is 3. The number of halogens is 1. The molecule has 0 radical (unpaired) electrons. The van der Waals surface area contributed by atoms with Gasteiger partial charge in [-0.05, 0) is 94.2 Å². The number of thiazole rings is 1. The van der Waals surface area contributed by atoms with E-state index in [-0.39, 0.29) is 49.3 Å². The van der Waals surface area contributed by atoms with E-state index >= 15 is 0 Å². The molecule has 6 heterocycles. The zero-order valence-electron chi connectivity index (χ0n) is 42.2. The fraction of sp³-hybridized carbons (Fsp3) is 0.415. The number of likely N-dealkylation sites (tertiary alicyclic amines) is 1. The smallest absolute Gasteiger partial charge is 0.258 e. The molecule has 0 unspecified atom stereocenters. The summed E-state index contributed by atoms with van der Waals surface area (Å²) in [5, 5.41) is 19.5. The number of amides is 4. The minimum absolute atomic E-state index is 0.0253. The third kappa shape index (κ3) is 11.6. The van der Waals surface area contributed by atoms with Crippen molar-refractivity contribution in [3.63, 3.8) is 0 Å². The van der Waals surface area contributed by atoms with Crippen molar-refractivity contribution in [2.24, 2.45) is 16.3 Å². The summed E-state index contributed by atoms with van der Waals surface area (Å²) < 4.78 is 13.8. The van der Waals surface area contributed by atoms with Crippen LogP contribution in [-0.4, -0.2) is 96.9 Å². The van der Waals surface area contributed by atoms with Crippen LogP contribution in [0.1, 0.15) is 111 Å². The molecular formula is C53H61ClN10O6S2. The molecule has 2 aliphatic rings. The minimum Gasteiger partial charge on any atom is -0.482 e. The van der Waals surface area contributed by atoms with E-state index in [0.29, 0.717) is 41.3 Å². The highest BCUT2D eigenvalue weighted by molar-refractivity contribution is 7.15. The first kappa shape index (κ1) is 51.8. The lowest BCUT2D eigenvalue weighted by Gasteiger charge is -2.35. The number of aryl methyl sites for hydroxylation is 3. The molecule has 16 nitrogen and oxygen atoms in total. The Morgan fingerprint density at radius 2 is 1.62 bits per heavy atom. The van der Waals surface area contributed by atoms with Crippen molar-refractivity contribution in [3.8, 4) is 27.1 Å². The predicted octanol–water partition coefficient (Wildman–Crippen LogP) is 8.62. The van der Waals surface area contributed by atoms with Crippen LogP contribution in [0.15, 0.2) is 77.4 Å². The highest BCUT2D eigenvalue weighted by Crippen LogP contribution is 2.40. The number of pyridine rings is 1. The number of rotatable bonds is 16. The molecule has 8 rings (SSSR count). The van der Waals surface area contributed by atoms with Gasteiger partial charge >= 0.3 is 0 Å². The van der Waals surface area contributed by atoms with Crippen molar-refractivity contribution in [2.45, 2.75) is 112 Å². The van der Waals surface area contributed by atoms with Crippen LogP contribution in [0.5, 0.6) is 11.6 Å². The van der Waals surface area contributed by atoms with Crippen LogP contribution >= 0.6 is 34.3 Å². The second-order valence-electron chi connectivity index (χ2n) is 19.8.